The number of halogens is 1. The number of unbranched alkanes of at least 4 members (excludes halogenated alkanes) is 1. The molecule has 0 bridgehead atoms. The lowest BCUT2D eigenvalue weighted by Crippen LogP contribution is -2.21. The van der Waals surface area contributed by atoms with Gasteiger partial charge >= 0.3 is 0 Å². The maximum Gasteiger partial charge on any atom is 0.224 e. The van der Waals surface area contributed by atoms with Crippen molar-refractivity contribution in [2.45, 2.75) is 38.5 Å². The monoisotopic (exact) mass is 237 g/mol. The molecule has 1 rings (SSSR count). The van der Waals surface area contributed by atoms with Gasteiger partial charge in [-0.1, -0.05) is 31.2 Å². The maximum atomic E-state index is 12.1. The summed E-state index contributed by atoms with van der Waals surface area (Å²) in [5, 5.41) is 0. The lowest BCUT2D eigenvalue weighted by Gasteiger charge is -2.16. The summed E-state index contributed by atoms with van der Waals surface area (Å²) in [6.07, 6.45) is 2.89. The Morgan fingerprint density at radius 2 is 2.06 bits per heavy atom. The number of nitrogens with two attached hydrogens (primary N) is 1. The molecule has 0 aliphatic rings. The van der Waals surface area contributed by atoms with Crippen LogP contribution in [0, 0.1) is 0 Å². The Morgan fingerprint density at radius 3 is 2.65 bits per heavy atom. The van der Waals surface area contributed by atoms with E-state index >= 15 is 0 Å². The highest BCUT2D eigenvalue weighted by Gasteiger charge is 2.18. The van der Waals surface area contributed by atoms with Gasteiger partial charge in [-0.15, -0.1) is 0 Å². The van der Waals surface area contributed by atoms with Gasteiger partial charge in [0.1, 0.15) is 0 Å². The normalized spacial score (nSPS) is 12.4. The molecule has 1 amide bonds. The number of aryl methyl sites for hydroxylation is 1. The number of benzene rings is 1. The van der Waals surface area contributed by atoms with Crippen LogP contribution in [0.25, 0.3) is 0 Å². The molecule has 1 aromatic rings. The van der Waals surface area contributed by atoms with Gasteiger partial charge < -0.3 is 5.73 Å². The predicted octanol–water partition coefficient (Wildman–Crippen LogP) is 2.96. The molecular weight excluding hydrogens is 217 g/mol. The quantitative estimate of drug-likeness (QED) is 0.728. The Kier molecular flexibility index (Phi) is 5.67. The Labute approximate surface area is 102 Å². The zero-order valence-electron chi connectivity index (χ0n) is 10.3. The molecule has 1 unspecified atom stereocenters. The van der Waals surface area contributed by atoms with Crippen molar-refractivity contribution in [1.82, 2.24) is 0 Å². The predicted molar refractivity (Wildman–Crippen MR) is 67.6 cm³/mol. The van der Waals surface area contributed by atoms with Crippen LogP contribution in [0.4, 0.5) is 4.39 Å². The van der Waals surface area contributed by atoms with Crippen molar-refractivity contribution in [1.29, 1.82) is 0 Å². The largest absolute Gasteiger partial charge is 0.369 e. The van der Waals surface area contributed by atoms with E-state index in [1.807, 2.05) is 31.2 Å². The zero-order chi connectivity index (χ0) is 12.7. The van der Waals surface area contributed by atoms with Crippen LogP contribution in [0.1, 0.15) is 43.2 Å². The zero-order valence-corrected chi connectivity index (χ0v) is 10.3. The number of carbonyl (C=O) groups excluding carboxylic acids is 1. The average molecular weight is 237 g/mol. The maximum absolute atomic E-state index is 12.1. The minimum atomic E-state index is -0.287. The third-order valence-corrected chi connectivity index (χ3v) is 3.01. The topological polar surface area (TPSA) is 43.1 Å². The molecule has 2 N–H and O–H groups in total. The first-order chi connectivity index (χ1) is 8.20. The minimum Gasteiger partial charge on any atom is -0.369 e. The van der Waals surface area contributed by atoms with E-state index in [4.69, 9.17) is 5.73 Å². The highest BCUT2D eigenvalue weighted by molar-refractivity contribution is 5.82. The van der Waals surface area contributed by atoms with Crippen LogP contribution in [0.5, 0.6) is 0 Å². The third-order valence-electron chi connectivity index (χ3n) is 3.01. The third kappa shape index (κ3) is 3.84. The summed E-state index contributed by atoms with van der Waals surface area (Å²) in [6.45, 7) is 1.67. The Balaban J connectivity index is 2.86. The number of alkyl halides is 1. The molecular formula is C14H20FNO. The summed E-state index contributed by atoms with van der Waals surface area (Å²) in [5.74, 6) is -0.512. The molecule has 0 fully saturated rings. The van der Waals surface area contributed by atoms with Crippen LogP contribution in [-0.2, 0) is 11.2 Å². The van der Waals surface area contributed by atoms with Crippen LogP contribution in [0.3, 0.4) is 0 Å². The minimum absolute atomic E-state index is 0.225. The van der Waals surface area contributed by atoms with Crippen LogP contribution < -0.4 is 5.73 Å². The van der Waals surface area contributed by atoms with Crippen molar-refractivity contribution in [2.24, 2.45) is 5.73 Å². The van der Waals surface area contributed by atoms with E-state index < -0.39 is 0 Å². The Morgan fingerprint density at radius 1 is 1.35 bits per heavy atom. The number of primary amides is 1. The molecule has 0 aliphatic heterocycles. The van der Waals surface area contributed by atoms with Crippen LogP contribution in [-0.4, -0.2) is 12.6 Å². The molecule has 3 heteroatoms. The van der Waals surface area contributed by atoms with E-state index in [-0.39, 0.29) is 18.5 Å². The summed E-state index contributed by atoms with van der Waals surface area (Å²) in [6, 6.07) is 7.81. The second-order valence-corrected chi connectivity index (χ2v) is 4.21. The van der Waals surface area contributed by atoms with E-state index in [2.05, 4.69) is 0 Å². The fourth-order valence-electron chi connectivity index (χ4n) is 2.09. The summed E-state index contributed by atoms with van der Waals surface area (Å²) in [4.78, 5) is 11.4. The Hall–Kier alpha value is -1.38. The summed E-state index contributed by atoms with van der Waals surface area (Å²) in [7, 11) is 0. The molecule has 1 aromatic carbocycles. The molecule has 0 spiro atoms. The lowest BCUT2D eigenvalue weighted by molar-refractivity contribution is -0.119. The van der Waals surface area contributed by atoms with Gasteiger partial charge in [0.15, 0.2) is 0 Å². The Bertz CT molecular complexity index is 365. The first kappa shape index (κ1) is 13.7. The van der Waals surface area contributed by atoms with Crippen molar-refractivity contribution in [2.75, 3.05) is 6.67 Å². The van der Waals surface area contributed by atoms with Crippen molar-refractivity contribution >= 4 is 5.91 Å². The van der Waals surface area contributed by atoms with Gasteiger partial charge in [-0.05, 0) is 36.8 Å². The molecule has 94 valence electrons. The van der Waals surface area contributed by atoms with Gasteiger partial charge in [0.05, 0.1) is 12.6 Å². The van der Waals surface area contributed by atoms with E-state index in [1.54, 1.807) is 0 Å². The van der Waals surface area contributed by atoms with Gasteiger partial charge in [0.2, 0.25) is 5.91 Å². The number of rotatable bonds is 7. The standard InChI is InChI=1S/C14H20FNO/c1-2-12(14(16)17)13-9-4-3-7-11(13)8-5-6-10-15/h3-4,7,9,12H,2,5-6,8,10H2,1H3,(H2,16,17). The van der Waals surface area contributed by atoms with Crippen LogP contribution >= 0.6 is 0 Å². The number of hydrogen-bond donors (Lipinski definition) is 1. The number of hydrogen-bond acceptors (Lipinski definition) is 1. The summed E-state index contributed by atoms with van der Waals surface area (Å²) in [5.41, 5.74) is 7.52. The highest BCUT2D eigenvalue weighted by Crippen LogP contribution is 2.24. The van der Waals surface area contributed by atoms with Gasteiger partial charge in [0.25, 0.3) is 0 Å². The van der Waals surface area contributed by atoms with Gasteiger partial charge in [-0.2, -0.15) is 0 Å². The number of amides is 1. The molecule has 0 heterocycles. The van der Waals surface area contributed by atoms with Gasteiger partial charge in [-0.3, -0.25) is 9.18 Å². The SMILES string of the molecule is CCC(C(N)=O)c1ccccc1CCCCF. The average Bonchev–Trinajstić information content (AvgIpc) is 2.32. The first-order valence-electron chi connectivity index (χ1n) is 6.13. The van der Waals surface area contributed by atoms with Crippen LogP contribution in [0.2, 0.25) is 0 Å². The molecule has 0 saturated heterocycles. The summed E-state index contributed by atoms with van der Waals surface area (Å²) < 4.78 is 12.1. The highest BCUT2D eigenvalue weighted by atomic mass is 19.1. The van der Waals surface area contributed by atoms with Crippen molar-refractivity contribution < 1.29 is 9.18 Å². The molecule has 17 heavy (non-hydrogen) atoms. The van der Waals surface area contributed by atoms with Gasteiger partial charge in [-0.25, -0.2) is 0 Å². The fraction of sp³-hybridized carbons (Fsp3) is 0.500. The molecule has 0 aromatic heterocycles. The molecule has 2 nitrogen and oxygen atoms in total. The fourth-order valence-corrected chi connectivity index (χ4v) is 2.09. The second kappa shape index (κ2) is 7.05. The summed E-state index contributed by atoms with van der Waals surface area (Å²) >= 11 is 0. The van der Waals surface area contributed by atoms with E-state index in [0.29, 0.717) is 12.8 Å². The molecule has 0 radical (unpaired) electrons. The van der Waals surface area contributed by atoms with Crippen molar-refractivity contribution in [3.63, 3.8) is 0 Å². The molecule has 0 aliphatic carbocycles. The van der Waals surface area contributed by atoms with Crippen molar-refractivity contribution in [3.05, 3.63) is 35.4 Å². The molecule has 0 saturated carbocycles. The smallest absolute Gasteiger partial charge is 0.224 e. The van der Waals surface area contributed by atoms with E-state index in [0.717, 1.165) is 24.0 Å². The van der Waals surface area contributed by atoms with E-state index in [1.165, 1.54) is 0 Å². The number of carbonyl (C=O) groups is 1. The lowest BCUT2D eigenvalue weighted by atomic mass is 9.89. The van der Waals surface area contributed by atoms with Crippen molar-refractivity contribution in [3.8, 4) is 0 Å². The van der Waals surface area contributed by atoms with Gasteiger partial charge in [0, 0.05) is 0 Å². The van der Waals surface area contributed by atoms with E-state index in [9.17, 15) is 9.18 Å². The van der Waals surface area contributed by atoms with Crippen LogP contribution in [0.15, 0.2) is 24.3 Å². The first-order valence-corrected chi connectivity index (χ1v) is 6.13. The second-order valence-electron chi connectivity index (χ2n) is 4.21. The molecule has 1 atom stereocenters.